The molecule has 0 fully saturated rings. The monoisotopic (exact) mass is 140 g/mol. The summed E-state index contributed by atoms with van der Waals surface area (Å²) in [5.41, 5.74) is 0. The van der Waals surface area contributed by atoms with Crippen molar-refractivity contribution in [3.63, 3.8) is 0 Å². The van der Waals surface area contributed by atoms with Gasteiger partial charge in [0.2, 0.25) is 5.76 Å². The van der Waals surface area contributed by atoms with Crippen LogP contribution in [0.15, 0.2) is 24.5 Å². The number of ketones is 1. The Bertz CT molecular complexity index is 214. The molecule has 0 bridgehead atoms. The van der Waals surface area contributed by atoms with Crippen molar-refractivity contribution in [2.75, 3.05) is 0 Å². The molecule has 52 valence electrons. The largest absolute Gasteiger partial charge is 0.465 e. The quantitative estimate of drug-likeness (QED) is 0.403. The third-order valence-electron chi connectivity index (χ3n) is 0.854. The summed E-state index contributed by atoms with van der Waals surface area (Å²) in [4.78, 5) is 20.3. The van der Waals surface area contributed by atoms with Crippen molar-refractivity contribution in [3.05, 3.63) is 24.5 Å². The van der Waals surface area contributed by atoms with E-state index in [0.29, 0.717) is 0 Å². The number of carbonyl (C=O) groups is 2. The van der Waals surface area contributed by atoms with Gasteiger partial charge >= 0.3 is 0 Å². The SMILES string of the molecule is O=CC(=O)C1=COC=CO1. The molecular weight excluding hydrogens is 136 g/mol. The molecule has 0 aliphatic carbocycles. The molecule has 1 heterocycles. The molecule has 0 aromatic rings. The number of hydrogen-bond donors (Lipinski definition) is 0. The molecule has 0 saturated carbocycles. The van der Waals surface area contributed by atoms with Crippen molar-refractivity contribution in [1.82, 2.24) is 0 Å². The number of carbonyl (C=O) groups excluding carboxylic acids is 2. The fourth-order valence-corrected chi connectivity index (χ4v) is 0.436. The minimum absolute atomic E-state index is 0.0995. The average Bonchev–Trinajstić information content (AvgIpc) is 2.05. The third-order valence-corrected chi connectivity index (χ3v) is 0.854. The molecule has 4 nitrogen and oxygen atoms in total. The summed E-state index contributed by atoms with van der Waals surface area (Å²) in [5, 5.41) is 0. The Morgan fingerprint density at radius 2 is 2.30 bits per heavy atom. The minimum Gasteiger partial charge on any atom is -0.465 e. The Labute approximate surface area is 56.7 Å². The van der Waals surface area contributed by atoms with Crippen molar-refractivity contribution in [2.45, 2.75) is 0 Å². The molecule has 0 spiro atoms. The Hall–Kier alpha value is -1.58. The molecule has 10 heavy (non-hydrogen) atoms. The van der Waals surface area contributed by atoms with Crippen LogP contribution in [0.3, 0.4) is 0 Å². The molecule has 1 aliphatic heterocycles. The van der Waals surface area contributed by atoms with E-state index in [0.717, 1.165) is 6.26 Å². The maximum absolute atomic E-state index is 10.5. The molecule has 0 atom stereocenters. The van der Waals surface area contributed by atoms with Crippen molar-refractivity contribution < 1.29 is 19.1 Å². The van der Waals surface area contributed by atoms with Crippen LogP contribution in [-0.2, 0) is 19.1 Å². The van der Waals surface area contributed by atoms with Gasteiger partial charge in [0.15, 0.2) is 6.29 Å². The number of rotatable bonds is 2. The van der Waals surface area contributed by atoms with E-state index >= 15 is 0 Å². The molecule has 1 rings (SSSR count). The maximum Gasteiger partial charge on any atom is 0.263 e. The topological polar surface area (TPSA) is 52.6 Å². The highest BCUT2D eigenvalue weighted by Crippen LogP contribution is 2.04. The number of allylic oxidation sites excluding steroid dienone is 1. The van der Waals surface area contributed by atoms with E-state index in [-0.39, 0.29) is 12.0 Å². The fraction of sp³-hybridized carbons (Fsp3) is 0. The zero-order valence-electron chi connectivity index (χ0n) is 4.94. The first kappa shape index (κ1) is 6.54. The van der Waals surface area contributed by atoms with Gasteiger partial charge in [-0.2, -0.15) is 0 Å². The van der Waals surface area contributed by atoms with Crippen LogP contribution in [0.5, 0.6) is 0 Å². The summed E-state index contributed by atoms with van der Waals surface area (Å²) in [7, 11) is 0. The highest BCUT2D eigenvalue weighted by molar-refractivity contribution is 6.32. The smallest absolute Gasteiger partial charge is 0.263 e. The standard InChI is InChI=1S/C6H4O4/c7-3-5(8)6-4-9-1-2-10-6/h1-4H. The second-order valence-corrected chi connectivity index (χ2v) is 1.49. The van der Waals surface area contributed by atoms with Gasteiger partial charge < -0.3 is 9.47 Å². The summed E-state index contributed by atoms with van der Waals surface area (Å²) in [6.45, 7) is 0. The van der Waals surface area contributed by atoms with Gasteiger partial charge in [-0.3, -0.25) is 9.59 Å². The van der Waals surface area contributed by atoms with Crippen LogP contribution in [0.1, 0.15) is 0 Å². The second-order valence-electron chi connectivity index (χ2n) is 1.49. The van der Waals surface area contributed by atoms with E-state index in [4.69, 9.17) is 0 Å². The van der Waals surface area contributed by atoms with Crippen LogP contribution in [0, 0.1) is 0 Å². The Morgan fingerprint density at radius 3 is 2.80 bits per heavy atom. The normalized spacial score (nSPS) is 14.6. The first-order valence-electron chi connectivity index (χ1n) is 2.51. The van der Waals surface area contributed by atoms with Gasteiger partial charge in [-0.05, 0) is 0 Å². The van der Waals surface area contributed by atoms with Crippen molar-refractivity contribution >= 4 is 12.1 Å². The lowest BCUT2D eigenvalue weighted by Gasteiger charge is -2.04. The average molecular weight is 140 g/mol. The molecule has 0 unspecified atom stereocenters. The van der Waals surface area contributed by atoms with Crippen LogP contribution in [-0.4, -0.2) is 12.1 Å². The molecule has 0 aromatic carbocycles. The Balaban J connectivity index is 2.64. The Kier molecular flexibility index (Phi) is 1.84. The first-order chi connectivity index (χ1) is 4.84. The van der Waals surface area contributed by atoms with Crippen molar-refractivity contribution in [3.8, 4) is 0 Å². The van der Waals surface area contributed by atoms with Gasteiger partial charge in [-0.15, -0.1) is 0 Å². The first-order valence-corrected chi connectivity index (χ1v) is 2.51. The molecule has 0 amide bonds. The Morgan fingerprint density at radius 1 is 1.50 bits per heavy atom. The summed E-state index contributed by atoms with van der Waals surface area (Å²) < 4.78 is 9.16. The van der Waals surface area contributed by atoms with Crippen LogP contribution < -0.4 is 0 Å². The lowest BCUT2D eigenvalue weighted by Crippen LogP contribution is -2.06. The lowest BCUT2D eigenvalue weighted by molar-refractivity contribution is -0.129. The number of hydrogen-bond acceptors (Lipinski definition) is 4. The van der Waals surface area contributed by atoms with E-state index < -0.39 is 5.78 Å². The maximum atomic E-state index is 10.5. The van der Waals surface area contributed by atoms with E-state index in [1.807, 2.05) is 0 Å². The van der Waals surface area contributed by atoms with Gasteiger partial charge in [-0.25, -0.2) is 0 Å². The van der Waals surface area contributed by atoms with Gasteiger partial charge in [0, 0.05) is 0 Å². The van der Waals surface area contributed by atoms with Gasteiger partial charge in [0.05, 0.1) is 0 Å². The molecular formula is C6H4O4. The van der Waals surface area contributed by atoms with Crippen LogP contribution in [0.4, 0.5) is 0 Å². The van der Waals surface area contributed by atoms with Gasteiger partial charge in [-0.1, -0.05) is 0 Å². The molecule has 0 radical (unpaired) electrons. The van der Waals surface area contributed by atoms with Gasteiger partial charge in [0.25, 0.3) is 5.78 Å². The zero-order valence-corrected chi connectivity index (χ0v) is 4.94. The molecule has 1 aliphatic rings. The zero-order chi connectivity index (χ0) is 7.40. The number of ether oxygens (including phenoxy) is 2. The summed E-state index contributed by atoms with van der Waals surface area (Å²) in [5.74, 6) is -0.832. The summed E-state index contributed by atoms with van der Waals surface area (Å²) >= 11 is 0. The predicted molar refractivity (Wildman–Crippen MR) is 30.5 cm³/mol. The second kappa shape index (κ2) is 2.82. The molecule has 4 heteroatoms. The number of Topliss-reactive ketones (excluding diaryl/α,β-unsaturated/α-hetero) is 1. The van der Waals surface area contributed by atoms with Gasteiger partial charge in [0.1, 0.15) is 18.8 Å². The lowest BCUT2D eigenvalue weighted by atomic mass is 10.4. The van der Waals surface area contributed by atoms with Crippen molar-refractivity contribution in [1.29, 1.82) is 0 Å². The molecule has 0 saturated heterocycles. The predicted octanol–water partition coefficient (Wildman–Crippen LogP) is 0.114. The van der Waals surface area contributed by atoms with E-state index in [9.17, 15) is 9.59 Å². The molecule has 0 N–H and O–H groups in total. The van der Waals surface area contributed by atoms with E-state index in [1.54, 1.807) is 0 Å². The highest BCUT2D eigenvalue weighted by Gasteiger charge is 2.10. The third kappa shape index (κ3) is 1.22. The summed E-state index contributed by atoms with van der Waals surface area (Å²) in [6.07, 6.45) is 3.66. The van der Waals surface area contributed by atoms with Crippen LogP contribution >= 0.6 is 0 Å². The minimum atomic E-state index is -0.732. The van der Waals surface area contributed by atoms with Crippen molar-refractivity contribution in [2.24, 2.45) is 0 Å². The van der Waals surface area contributed by atoms with Crippen LogP contribution in [0.2, 0.25) is 0 Å². The fourth-order valence-electron chi connectivity index (χ4n) is 0.436. The van der Waals surface area contributed by atoms with Crippen LogP contribution in [0.25, 0.3) is 0 Å². The van der Waals surface area contributed by atoms with E-state index in [2.05, 4.69) is 9.47 Å². The van der Waals surface area contributed by atoms with E-state index in [1.165, 1.54) is 12.5 Å². The molecule has 0 aromatic heterocycles. The number of aldehydes is 1. The highest BCUT2D eigenvalue weighted by atomic mass is 16.5. The summed E-state index contributed by atoms with van der Waals surface area (Å²) in [6, 6.07) is 0.